The number of hydrogen-bond acceptors (Lipinski definition) is 2. The summed E-state index contributed by atoms with van der Waals surface area (Å²) in [4.78, 5) is 0. The van der Waals surface area contributed by atoms with E-state index in [2.05, 4.69) is 10.2 Å². The monoisotopic (exact) mass is 222 g/mol. The number of nitrogens with zero attached hydrogens (tertiary/aromatic N) is 1. The van der Waals surface area contributed by atoms with E-state index < -0.39 is 0 Å². The van der Waals surface area contributed by atoms with E-state index in [4.69, 9.17) is 23.8 Å². The average molecular weight is 223 g/mol. The highest BCUT2D eigenvalue weighted by molar-refractivity contribution is 7.71. The Morgan fingerprint density at radius 3 is 2.79 bits per heavy atom. The molecule has 1 N–H and O–H groups in total. The molecule has 0 fully saturated rings. The number of halogens is 1. The van der Waals surface area contributed by atoms with E-state index >= 15 is 0 Å². The van der Waals surface area contributed by atoms with Crippen LogP contribution < -0.4 is 0 Å². The van der Waals surface area contributed by atoms with Gasteiger partial charge in [0.05, 0.1) is 6.20 Å². The van der Waals surface area contributed by atoms with E-state index in [1.165, 1.54) is 0 Å². The molecule has 0 aliphatic rings. The lowest BCUT2D eigenvalue weighted by molar-refractivity contribution is 1.02. The number of hydrogen-bond donors (Lipinski definition) is 1. The van der Waals surface area contributed by atoms with E-state index in [1.54, 1.807) is 6.20 Å². The minimum Gasteiger partial charge on any atom is -0.268 e. The zero-order chi connectivity index (χ0) is 9.97. The molecule has 2 nitrogen and oxygen atoms in total. The molecule has 0 spiro atoms. The van der Waals surface area contributed by atoms with Crippen molar-refractivity contribution in [1.29, 1.82) is 0 Å². The topological polar surface area (TPSA) is 28.7 Å². The van der Waals surface area contributed by atoms with E-state index in [-0.39, 0.29) is 0 Å². The molecule has 2 aromatic rings. The summed E-state index contributed by atoms with van der Waals surface area (Å²) < 4.78 is 0.599. The highest BCUT2D eigenvalue weighted by Gasteiger charge is 2.01. The minimum atomic E-state index is 0.599. The first kappa shape index (κ1) is 9.37. The fourth-order valence-electron chi connectivity index (χ4n) is 1.22. The van der Waals surface area contributed by atoms with Crippen LogP contribution in [0, 0.1) is 4.64 Å². The quantitative estimate of drug-likeness (QED) is 0.749. The Labute approximate surface area is 91.6 Å². The van der Waals surface area contributed by atoms with Gasteiger partial charge in [-0.1, -0.05) is 42.0 Å². The molecule has 1 heterocycles. The van der Waals surface area contributed by atoms with Crippen molar-refractivity contribution in [3.8, 4) is 11.1 Å². The van der Waals surface area contributed by atoms with Gasteiger partial charge < -0.3 is 0 Å². The van der Waals surface area contributed by atoms with Crippen LogP contribution in [-0.4, -0.2) is 10.2 Å². The van der Waals surface area contributed by atoms with E-state index in [0.29, 0.717) is 9.66 Å². The molecule has 0 saturated carbocycles. The summed E-state index contributed by atoms with van der Waals surface area (Å²) in [7, 11) is 0. The summed E-state index contributed by atoms with van der Waals surface area (Å²) in [5, 5.41) is 7.30. The summed E-state index contributed by atoms with van der Waals surface area (Å²) in [5.74, 6) is 0. The van der Waals surface area contributed by atoms with Crippen molar-refractivity contribution in [2.24, 2.45) is 0 Å². The van der Waals surface area contributed by atoms with Crippen molar-refractivity contribution >= 4 is 23.8 Å². The maximum absolute atomic E-state index is 6.04. The third kappa shape index (κ3) is 1.84. The van der Waals surface area contributed by atoms with Gasteiger partial charge in [-0.05, 0) is 12.1 Å². The molecule has 0 aliphatic heterocycles. The first-order valence-corrected chi connectivity index (χ1v) is 4.85. The molecule has 4 heteroatoms. The van der Waals surface area contributed by atoms with Crippen LogP contribution in [0.3, 0.4) is 0 Å². The predicted molar refractivity (Wildman–Crippen MR) is 59.9 cm³/mol. The van der Waals surface area contributed by atoms with Crippen molar-refractivity contribution in [3.63, 3.8) is 0 Å². The molecule has 0 amide bonds. The lowest BCUT2D eigenvalue weighted by Crippen LogP contribution is -1.84. The van der Waals surface area contributed by atoms with Crippen LogP contribution >= 0.6 is 23.8 Å². The van der Waals surface area contributed by atoms with Gasteiger partial charge in [0.2, 0.25) is 0 Å². The lowest BCUT2D eigenvalue weighted by atomic mass is 10.1. The van der Waals surface area contributed by atoms with E-state index in [0.717, 1.165) is 11.1 Å². The molecule has 0 radical (unpaired) electrons. The maximum Gasteiger partial charge on any atom is 0.120 e. The van der Waals surface area contributed by atoms with Crippen molar-refractivity contribution in [2.45, 2.75) is 0 Å². The molecule has 1 aromatic carbocycles. The zero-order valence-electron chi connectivity index (χ0n) is 7.20. The minimum absolute atomic E-state index is 0.599. The Kier molecular flexibility index (Phi) is 2.61. The SMILES string of the molecule is S=c1cc(-c2ccccc2Cl)cn[nH]1. The summed E-state index contributed by atoms with van der Waals surface area (Å²) in [6, 6.07) is 9.44. The van der Waals surface area contributed by atoms with Gasteiger partial charge in [0.25, 0.3) is 0 Å². The second kappa shape index (κ2) is 3.90. The van der Waals surface area contributed by atoms with Gasteiger partial charge in [0.1, 0.15) is 4.64 Å². The second-order valence-electron chi connectivity index (χ2n) is 2.81. The van der Waals surface area contributed by atoms with Gasteiger partial charge in [0.15, 0.2) is 0 Å². The number of rotatable bonds is 1. The third-order valence-electron chi connectivity index (χ3n) is 1.85. The molecule has 1 aromatic heterocycles. The summed E-state index contributed by atoms with van der Waals surface area (Å²) in [6.07, 6.45) is 1.71. The third-order valence-corrected chi connectivity index (χ3v) is 2.39. The van der Waals surface area contributed by atoms with Crippen LogP contribution in [0.15, 0.2) is 36.5 Å². The lowest BCUT2D eigenvalue weighted by Gasteiger charge is -2.02. The molecular formula is C10H7ClN2S. The van der Waals surface area contributed by atoms with Crippen LogP contribution in [0.1, 0.15) is 0 Å². The number of benzene rings is 1. The van der Waals surface area contributed by atoms with Crippen molar-refractivity contribution in [1.82, 2.24) is 10.2 Å². The predicted octanol–water partition coefficient (Wildman–Crippen LogP) is 3.46. The van der Waals surface area contributed by atoms with Crippen LogP contribution in [0.25, 0.3) is 11.1 Å². The molecular weight excluding hydrogens is 216 g/mol. The molecule has 2 rings (SSSR count). The summed E-state index contributed by atoms with van der Waals surface area (Å²) in [5.41, 5.74) is 1.88. The van der Waals surface area contributed by atoms with Gasteiger partial charge in [-0.2, -0.15) is 5.10 Å². The van der Waals surface area contributed by atoms with Crippen molar-refractivity contribution in [3.05, 3.63) is 46.2 Å². The Balaban J connectivity index is 2.61. The summed E-state index contributed by atoms with van der Waals surface area (Å²) in [6.45, 7) is 0. The first-order valence-electron chi connectivity index (χ1n) is 4.07. The van der Waals surface area contributed by atoms with Gasteiger partial charge >= 0.3 is 0 Å². The molecule has 0 bridgehead atoms. The fraction of sp³-hybridized carbons (Fsp3) is 0. The smallest absolute Gasteiger partial charge is 0.120 e. The second-order valence-corrected chi connectivity index (χ2v) is 3.66. The molecule has 14 heavy (non-hydrogen) atoms. The molecule has 70 valence electrons. The standard InChI is InChI=1S/C10H7ClN2S/c11-9-4-2-1-3-8(9)7-5-10(14)13-12-6-7/h1-6H,(H,13,14). The van der Waals surface area contributed by atoms with Gasteiger partial charge in [-0.25, -0.2) is 0 Å². The van der Waals surface area contributed by atoms with Gasteiger partial charge in [-0.15, -0.1) is 0 Å². The highest BCUT2D eigenvalue weighted by atomic mass is 35.5. The number of aromatic amines is 1. The van der Waals surface area contributed by atoms with Crippen LogP contribution in [0.2, 0.25) is 5.02 Å². The van der Waals surface area contributed by atoms with Crippen molar-refractivity contribution < 1.29 is 0 Å². The maximum atomic E-state index is 6.04. The molecule has 0 saturated heterocycles. The van der Waals surface area contributed by atoms with E-state index in [9.17, 15) is 0 Å². The van der Waals surface area contributed by atoms with Crippen LogP contribution in [0.4, 0.5) is 0 Å². The Morgan fingerprint density at radius 2 is 2.07 bits per heavy atom. The van der Waals surface area contributed by atoms with Crippen LogP contribution in [-0.2, 0) is 0 Å². The zero-order valence-corrected chi connectivity index (χ0v) is 8.77. The van der Waals surface area contributed by atoms with Gasteiger partial charge in [-0.3, -0.25) is 5.10 Å². The average Bonchev–Trinajstić information content (AvgIpc) is 2.18. The highest BCUT2D eigenvalue weighted by Crippen LogP contribution is 2.26. The number of H-pyrrole nitrogens is 1. The Morgan fingerprint density at radius 1 is 1.29 bits per heavy atom. The van der Waals surface area contributed by atoms with Crippen LogP contribution in [0.5, 0.6) is 0 Å². The first-order chi connectivity index (χ1) is 6.77. The molecule has 0 atom stereocenters. The molecule has 0 unspecified atom stereocenters. The largest absolute Gasteiger partial charge is 0.268 e. The summed E-state index contributed by atoms with van der Waals surface area (Å²) >= 11 is 11.0. The van der Waals surface area contributed by atoms with E-state index in [1.807, 2.05) is 30.3 Å². The van der Waals surface area contributed by atoms with Gasteiger partial charge in [0, 0.05) is 16.1 Å². The Bertz CT molecular complexity index is 507. The fourth-order valence-corrected chi connectivity index (χ4v) is 1.64. The number of aromatic nitrogens is 2. The normalized spacial score (nSPS) is 10.1. The van der Waals surface area contributed by atoms with Crippen molar-refractivity contribution in [2.75, 3.05) is 0 Å². The number of nitrogens with one attached hydrogen (secondary N) is 1. The molecule has 0 aliphatic carbocycles. The Hall–Kier alpha value is -1.19.